The molecule has 28 heavy (non-hydrogen) atoms. The molecule has 0 saturated carbocycles. The molecule has 0 fully saturated rings. The van der Waals surface area contributed by atoms with E-state index in [1.807, 2.05) is 6.92 Å². The van der Waals surface area contributed by atoms with Crippen LogP contribution in [0.2, 0.25) is 0 Å². The summed E-state index contributed by atoms with van der Waals surface area (Å²) in [5, 5.41) is 5.60. The van der Waals surface area contributed by atoms with Crippen LogP contribution in [0.5, 0.6) is 0 Å². The molecule has 1 aromatic carbocycles. The van der Waals surface area contributed by atoms with E-state index in [2.05, 4.69) is 33.5 Å². The maximum Gasteiger partial charge on any atom is 0.354 e. The van der Waals surface area contributed by atoms with Gasteiger partial charge in [0.25, 0.3) is 0 Å². The lowest BCUT2D eigenvalue weighted by Crippen LogP contribution is -2.43. The van der Waals surface area contributed by atoms with Crippen LogP contribution < -0.4 is 22.0 Å². The van der Waals surface area contributed by atoms with E-state index >= 15 is 0 Å². The average molecular weight is 440 g/mol. The van der Waals surface area contributed by atoms with Crippen molar-refractivity contribution in [1.82, 2.24) is 28.9 Å². The summed E-state index contributed by atoms with van der Waals surface area (Å²) in [6, 6.07) is 3.05. The van der Waals surface area contributed by atoms with E-state index in [0.717, 1.165) is 9.87 Å². The number of hydrogen-bond acceptors (Lipinski definition) is 6. The summed E-state index contributed by atoms with van der Waals surface area (Å²) in [7, 11) is 6.57. The molecule has 3 rings (SSSR count). The molecular weight excluding hydrogens is 421 g/mol. The normalized spacial score (nSPS) is 11.2. The number of rotatable bonds is 6. The first kappa shape index (κ1) is 20.8. The third-order valence-corrected chi connectivity index (χ3v) is 5.76. The van der Waals surface area contributed by atoms with Crippen molar-refractivity contribution in [1.29, 1.82) is 0 Å². The Kier molecular flexibility index (Phi) is 6.43. The molecule has 12 heteroatoms. The lowest BCUT2D eigenvalue weighted by atomic mass is 10.2. The van der Waals surface area contributed by atoms with Crippen LogP contribution in [-0.4, -0.2) is 34.6 Å². The first-order valence-corrected chi connectivity index (χ1v) is 10.5. The van der Waals surface area contributed by atoms with Crippen LogP contribution >= 0.6 is 30.2 Å². The summed E-state index contributed by atoms with van der Waals surface area (Å²) in [6.07, 6.45) is 1.49. The molecule has 0 spiro atoms. The molecule has 0 aliphatic rings. The lowest BCUT2D eigenvalue weighted by molar-refractivity contribution is 0.518. The Bertz CT molecular complexity index is 1140. The van der Waals surface area contributed by atoms with E-state index in [-0.39, 0.29) is 18.9 Å². The summed E-state index contributed by atoms with van der Waals surface area (Å²) >= 11 is 1.28. The van der Waals surface area contributed by atoms with Gasteiger partial charge in [-0.05, 0) is 28.8 Å². The standard InChI is InChI=1S/C16H19FN6O2P2S/c1-3-28-15-19-14(24)22(7-13-18-8-21(2)20-13)16(25)23(15)6-9-4-10(17)12(27)5-11(9)26/h4-5,8H,3,6-7,26-27H2,1-2H3. The number of benzene rings is 1. The largest absolute Gasteiger partial charge is 0.354 e. The van der Waals surface area contributed by atoms with Gasteiger partial charge in [0.1, 0.15) is 12.1 Å². The van der Waals surface area contributed by atoms with Crippen molar-refractivity contribution < 1.29 is 4.39 Å². The van der Waals surface area contributed by atoms with Crippen molar-refractivity contribution >= 4 is 40.9 Å². The van der Waals surface area contributed by atoms with Gasteiger partial charge in [-0.25, -0.2) is 23.5 Å². The van der Waals surface area contributed by atoms with Gasteiger partial charge in [-0.15, -0.1) is 18.5 Å². The van der Waals surface area contributed by atoms with E-state index in [1.54, 1.807) is 13.1 Å². The molecule has 0 radical (unpaired) electrons. The number of halogens is 1. The number of thioether (sulfide) groups is 1. The predicted molar refractivity (Wildman–Crippen MR) is 113 cm³/mol. The molecule has 3 aromatic rings. The van der Waals surface area contributed by atoms with Gasteiger partial charge in [-0.2, -0.15) is 10.1 Å². The van der Waals surface area contributed by atoms with Crippen molar-refractivity contribution in [3.05, 3.63) is 56.6 Å². The van der Waals surface area contributed by atoms with Crippen molar-refractivity contribution in [2.45, 2.75) is 25.2 Å². The third-order valence-electron chi connectivity index (χ3n) is 3.92. The van der Waals surface area contributed by atoms with Crippen molar-refractivity contribution in [2.75, 3.05) is 5.75 Å². The fourth-order valence-electron chi connectivity index (χ4n) is 2.58. The minimum absolute atomic E-state index is 0.0881. The molecule has 2 heterocycles. The van der Waals surface area contributed by atoms with Gasteiger partial charge in [0.2, 0.25) is 0 Å². The Labute approximate surface area is 169 Å². The van der Waals surface area contributed by atoms with Gasteiger partial charge < -0.3 is 0 Å². The summed E-state index contributed by atoms with van der Waals surface area (Å²) in [6.45, 7) is 1.90. The zero-order chi connectivity index (χ0) is 20.4. The van der Waals surface area contributed by atoms with Crippen LogP contribution in [-0.2, 0) is 20.1 Å². The minimum atomic E-state index is -0.665. The zero-order valence-electron chi connectivity index (χ0n) is 15.3. The van der Waals surface area contributed by atoms with Crippen molar-refractivity contribution in [3.63, 3.8) is 0 Å². The Morgan fingerprint density at radius 2 is 1.89 bits per heavy atom. The van der Waals surface area contributed by atoms with Crippen LogP contribution in [0.1, 0.15) is 18.3 Å². The van der Waals surface area contributed by atoms with E-state index in [1.165, 1.54) is 33.4 Å². The van der Waals surface area contributed by atoms with Crippen LogP contribution in [0.15, 0.2) is 33.2 Å². The second-order valence-electron chi connectivity index (χ2n) is 5.97. The Balaban J connectivity index is 2.10. The zero-order valence-corrected chi connectivity index (χ0v) is 18.4. The first-order valence-electron chi connectivity index (χ1n) is 8.32. The minimum Gasteiger partial charge on any atom is -0.268 e. The van der Waals surface area contributed by atoms with E-state index in [9.17, 15) is 14.0 Å². The highest BCUT2D eigenvalue weighted by atomic mass is 32.2. The molecule has 0 saturated heterocycles. The average Bonchev–Trinajstić information content (AvgIpc) is 3.04. The second-order valence-corrected chi connectivity index (χ2v) is 8.45. The summed E-state index contributed by atoms with van der Waals surface area (Å²) < 4.78 is 17.9. The quantitative estimate of drug-likeness (QED) is 0.393. The van der Waals surface area contributed by atoms with Crippen LogP contribution in [0.25, 0.3) is 0 Å². The van der Waals surface area contributed by atoms with Crippen molar-refractivity contribution in [3.8, 4) is 0 Å². The highest BCUT2D eigenvalue weighted by Crippen LogP contribution is 2.14. The third kappa shape index (κ3) is 4.40. The number of aromatic nitrogens is 6. The molecule has 8 nitrogen and oxygen atoms in total. The fraction of sp³-hybridized carbons (Fsp3) is 0.312. The number of nitrogens with zero attached hydrogens (tertiary/aromatic N) is 6. The molecule has 0 amide bonds. The molecule has 148 valence electrons. The van der Waals surface area contributed by atoms with Gasteiger partial charge in [-0.3, -0.25) is 9.25 Å². The van der Waals surface area contributed by atoms with Gasteiger partial charge >= 0.3 is 11.4 Å². The van der Waals surface area contributed by atoms with Crippen molar-refractivity contribution in [2.24, 2.45) is 7.05 Å². The van der Waals surface area contributed by atoms with E-state index in [4.69, 9.17) is 0 Å². The molecule has 0 aliphatic heterocycles. The lowest BCUT2D eigenvalue weighted by Gasteiger charge is -2.15. The van der Waals surface area contributed by atoms with E-state index < -0.39 is 11.4 Å². The molecule has 0 aliphatic carbocycles. The van der Waals surface area contributed by atoms with E-state index in [0.29, 0.717) is 27.6 Å². The topological polar surface area (TPSA) is 87.6 Å². The molecule has 0 bridgehead atoms. The van der Waals surface area contributed by atoms with Gasteiger partial charge in [0, 0.05) is 12.4 Å². The highest BCUT2D eigenvalue weighted by Gasteiger charge is 2.16. The highest BCUT2D eigenvalue weighted by molar-refractivity contribution is 7.99. The van der Waals surface area contributed by atoms with Crippen LogP contribution in [0.3, 0.4) is 0 Å². The maximum absolute atomic E-state index is 14.0. The second kappa shape index (κ2) is 8.64. The Morgan fingerprint density at radius 1 is 1.14 bits per heavy atom. The summed E-state index contributed by atoms with van der Waals surface area (Å²) in [5.41, 5.74) is -0.595. The Morgan fingerprint density at radius 3 is 2.54 bits per heavy atom. The SMILES string of the molecule is CCSc1nc(=O)n(Cc2ncn(C)n2)c(=O)n1Cc1cc(F)c(P)cc1P. The molecular formula is C16H19FN6O2P2S. The fourth-order valence-corrected chi connectivity index (χ4v) is 4.08. The number of aryl methyl sites for hydroxylation is 1. The van der Waals surface area contributed by atoms with Gasteiger partial charge in [-0.1, -0.05) is 18.7 Å². The number of hydrogen-bond donors (Lipinski definition) is 0. The predicted octanol–water partition coefficient (Wildman–Crippen LogP) is -0.118. The van der Waals surface area contributed by atoms with Gasteiger partial charge in [0.05, 0.1) is 13.1 Å². The van der Waals surface area contributed by atoms with Crippen LogP contribution in [0, 0.1) is 5.82 Å². The first-order chi connectivity index (χ1) is 13.3. The summed E-state index contributed by atoms with van der Waals surface area (Å²) in [4.78, 5) is 33.6. The smallest absolute Gasteiger partial charge is 0.268 e. The molecule has 2 aromatic heterocycles. The monoisotopic (exact) mass is 440 g/mol. The van der Waals surface area contributed by atoms with Gasteiger partial charge in [0.15, 0.2) is 11.0 Å². The maximum atomic E-state index is 14.0. The molecule has 2 atom stereocenters. The molecule has 2 unspecified atom stereocenters. The molecule has 0 N–H and O–H groups in total. The summed E-state index contributed by atoms with van der Waals surface area (Å²) in [5.74, 6) is 0.573. The Hall–Kier alpha value is -1.89. The van der Waals surface area contributed by atoms with Crippen LogP contribution in [0.4, 0.5) is 4.39 Å².